The second-order valence-corrected chi connectivity index (χ2v) is 1.97. The maximum Gasteiger partial charge on any atom is 0.0584 e. The van der Waals surface area contributed by atoms with E-state index in [1.165, 1.54) is 0 Å². The second-order valence-electron chi connectivity index (χ2n) is 1.78. The third-order valence-corrected chi connectivity index (χ3v) is 1.07. The fraction of sp³-hybridized carbons (Fsp3) is 0.625. The third kappa shape index (κ3) is 7.36. The van der Waals surface area contributed by atoms with Gasteiger partial charge in [0.05, 0.1) is 11.7 Å². The molecule has 54 valence electrons. The van der Waals surface area contributed by atoms with E-state index in [2.05, 4.69) is 34.2 Å². The fourth-order valence-electron chi connectivity index (χ4n) is 0.506. The van der Waals surface area contributed by atoms with Crippen LogP contribution in [0.3, 0.4) is 0 Å². The van der Waals surface area contributed by atoms with E-state index in [1.54, 1.807) is 0 Å². The highest BCUT2D eigenvalue weighted by atomic mass is 32.1. The first kappa shape index (κ1) is 9.36. The number of rotatable bonds is 3. The van der Waals surface area contributed by atoms with Crippen molar-refractivity contribution in [2.24, 2.45) is 4.99 Å². The zero-order chi connectivity index (χ0) is 7.66. The number of hydrogen-bond donors (Lipinski definition) is 0. The van der Waals surface area contributed by atoms with Gasteiger partial charge in [-0.05, 0) is 18.6 Å². The molecule has 0 spiro atoms. The molecule has 0 aliphatic rings. The first-order valence-electron chi connectivity index (χ1n) is 3.41. The zero-order valence-corrected chi connectivity index (χ0v) is 7.00. The maximum atomic E-state index is 4.40. The van der Waals surface area contributed by atoms with Crippen LogP contribution in [-0.2, 0) is 0 Å². The minimum absolute atomic E-state index is 0.766. The molecule has 1 nitrogen and oxygen atoms in total. The van der Waals surface area contributed by atoms with Crippen molar-refractivity contribution in [1.29, 1.82) is 0 Å². The Morgan fingerprint density at radius 1 is 1.40 bits per heavy atom. The molecule has 0 amide bonds. The van der Waals surface area contributed by atoms with Gasteiger partial charge >= 0.3 is 0 Å². The molecule has 0 aromatic carbocycles. The third-order valence-electron chi connectivity index (χ3n) is 0.938. The Labute approximate surface area is 67.5 Å². The molecule has 0 bridgehead atoms. The average molecular weight is 153 g/mol. The van der Waals surface area contributed by atoms with Crippen molar-refractivity contribution in [3.8, 4) is 11.8 Å². The zero-order valence-electron chi connectivity index (χ0n) is 6.18. The van der Waals surface area contributed by atoms with E-state index in [4.69, 9.17) is 0 Å². The second kappa shape index (κ2) is 8.36. The van der Waals surface area contributed by atoms with Gasteiger partial charge in [0.25, 0.3) is 0 Å². The molecule has 0 aromatic rings. The summed E-state index contributed by atoms with van der Waals surface area (Å²) in [5.41, 5.74) is 0. The van der Waals surface area contributed by atoms with Crippen LogP contribution < -0.4 is 0 Å². The maximum absolute atomic E-state index is 4.40. The predicted molar refractivity (Wildman–Crippen MR) is 47.2 cm³/mol. The van der Waals surface area contributed by atoms with Gasteiger partial charge in [0.1, 0.15) is 0 Å². The van der Waals surface area contributed by atoms with E-state index < -0.39 is 0 Å². The molecule has 0 aromatic heterocycles. The summed E-state index contributed by atoms with van der Waals surface area (Å²) in [6.45, 7) is 2.81. The Kier molecular flexibility index (Phi) is 7.82. The highest BCUT2D eigenvalue weighted by Gasteiger charge is 1.77. The molecule has 0 saturated heterocycles. The summed E-state index contributed by atoms with van der Waals surface area (Å²) in [6, 6.07) is 0. The minimum Gasteiger partial charge on any atom is -0.233 e. The molecule has 0 radical (unpaired) electrons. The van der Waals surface area contributed by atoms with E-state index in [9.17, 15) is 0 Å². The molecule has 0 aliphatic carbocycles. The molecule has 10 heavy (non-hydrogen) atoms. The summed E-state index contributed by atoms with van der Waals surface area (Å²) in [5, 5.41) is 2.32. The number of hydrogen-bond acceptors (Lipinski definition) is 2. The van der Waals surface area contributed by atoms with Gasteiger partial charge in [0, 0.05) is 12.8 Å². The Balaban J connectivity index is 3.12. The standard InChI is InChI=1S/C8H11NS/c1-2-3-4-5-6-7-9-8-10/h2,5-7H2,1H3. The fourth-order valence-corrected chi connectivity index (χ4v) is 0.597. The highest BCUT2D eigenvalue weighted by molar-refractivity contribution is 7.78. The SMILES string of the molecule is CCC#CCCCN=C=S. The summed E-state index contributed by atoms with van der Waals surface area (Å²) >= 11 is 4.40. The smallest absolute Gasteiger partial charge is 0.0584 e. The molecule has 0 fully saturated rings. The molecule has 2 heteroatoms. The Morgan fingerprint density at radius 2 is 2.20 bits per heavy atom. The van der Waals surface area contributed by atoms with Crippen molar-refractivity contribution in [1.82, 2.24) is 0 Å². The lowest BCUT2D eigenvalue weighted by atomic mass is 10.3. The Hall–Kier alpha value is -0.640. The van der Waals surface area contributed by atoms with Crippen LogP contribution in [0.4, 0.5) is 0 Å². The van der Waals surface area contributed by atoms with Crippen molar-refractivity contribution >= 4 is 17.4 Å². The van der Waals surface area contributed by atoms with Crippen LogP contribution in [0, 0.1) is 11.8 Å². The number of unbranched alkanes of at least 4 members (excludes halogenated alkanes) is 1. The van der Waals surface area contributed by atoms with Crippen molar-refractivity contribution in [2.75, 3.05) is 6.54 Å². The van der Waals surface area contributed by atoms with E-state index in [-0.39, 0.29) is 0 Å². The molecular weight excluding hydrogens is 142 g/mol. The number of aliphatic imine (C=N–C) groups is 1. The van der Waals surface area contributed by atoms with E-state index in [0.29, 0.717) is 0 Å². The molecule has 0 N–H and O–H groups in total. The largest absolute Gasteiger partial charge is 0.233 e. The number of thiocarbonyl (C=S) groups is 1. The average Bonchev–Trinajstić information content (AvgIpc) is 1.97. The Bertz CT molecular complexity index is 169. The summed E-state index contributed by atoms with van der Waals surface area (Å²) < 4.78 is 0. The van der Waals surface area contributed by atoms with E-state index in [1.807, 2.05) is 6.92 Å². The van der Waals surface area contributed by atoms with Gasteiger partial charge in [-0.1, -0.05) is 6.92 Å². The molecule has 0 saturated carbocycles. The summed E-state index contributed by atoms with van der Waals surface area (Å²) in [7, 11) is 0. The van der Waals surface area contributed by atoms with Gasteiger partial charge in [0.15, 0.2) is 0 Å². The topological polar surface area (TPSA) is 12.4 Å². The van der Waals surface area contributed by atoms with Crippen molar-refractivity contribution in [3.63, 3.8) is 0 Å². The van der Waals surface area contributed by atoms with Gasteiger partial charge in [-0.25, -0.2) is 4.99 Å². The summed E-state index contributed by atoms with van der Waals surface area (Å²) in [6.07, 6.45) is 2.86. The van der Waals surface area contributed by atoms with Crippen molar-refractivity contribution in [3.05, 3.63) is 0 Å². The lowest BCUT2D eigenvalue weighted by Crippen LogP contribution is -1.76. The summed E-state index contributed by atoms with van der Waals surface area (Å²) in [5.74, 6) is 6.01. The monoisotopic (exact) mass is 153 g/mol. The molecule has 0 atom stereocenters. The molecule has 0 heterocycles. The quantitative estimate of drug-likeness (QED) is 0.262. The molecular formula is C8H11NS. The van der Waals surface area contributed by atoms with Crippen LogP contribution in [0.15, 0.2) is 4.99 Å². The van der Waals surface area contributed by atoms with Crippen LogP contribution in [0.2, 0.25) is 0 Å². The van der Waals surface area contributed by atoms with Crippen molar-refractivity contribution < 1.29 is 0 Å². The van der Waals surface area contributed by atoms with Crippen LogP contribution in [0.1, 0.15) is 26.2 Å². The highest BCUT2D eigenvalue weighted by Crippen LogP contribution is 1.86. The lowest BCUT2D eigenvalue weighted by molar-refractivity contribution is 0.874. The number of nitrogens with zero attached hydrogens (tertiary/aromatic N) is 1. The van der Waals surface area contributed by atoms with Crippen molar-refractivity contribution in [2.45, 2.75) is 26.2 Å². The van der Waals surface area contributed by atoms with Crippen LogP contribution in [-0.4, -0.2) is 11.7 Å². The predicted octanol–water partition coefficient (Wildman–Crippen LogP) is 2.28. The number of isothiocyanates is 1. The Morgan fingerprint density at radius 3 is 2.80 bits per heavy atom. The van der Waals surface area contributed by atoms with E-state index >= 15 is 0 Å². The van der Waals surface area contributed by atoms with E-state index in [0.717, 1.165) is 25.8 Å². The van der Waals surface area contributed by atoms with Crippen LogP contribution in [0.25, 0.3) is 0 Å². The van der Waals surface area contributed by atoms with Gasteiger partial charge < -0.3 is 0 Å². The lowest BCUT2D eigenvalue weighted by Gasteiger charge is -1.83. The van der Waals surface area contributed by atoms with Gasteiger partial charge in [-0.2, -0.15) is 0 Å². The first-order chi connectivity index (χ1) is 4.91. The normalized spacial score (nSPS) is 7.30. The van der Waals surface area contributed by atoms with Gasteiger partial charge in [-0.3, -0.25) is 0 Å². The van der Waals surface area contributed by atoms with Crippen LogP contribution in [0.5, 0.6) is 0 Å². The van der Waals surface area contributed by atoms with Gasteiger partial charge in [0.2, 0.25) is 0 Å². The molecule has 0 aliphatic heterocycles. The van der Waals surface area contributed by atoms with Gasteiger partial charge in [-0.15, -0.1) is 11.8 Å². The van der Waals surface area contributed by atoms with Crippen LogP contribution >= 0.6 is 12.2 Å². The molecule has 0 unspecified atom stereocenters. The minimum atomic E-state index is 0.766. The summed E-state index contributed by atoms with van der Waals surface area (Å²) in [4.78, 5) is 3.77. The first-order valence-corrected chi connectivity index (χ1v) is 3.82. The molecule has 0 rings (SSSR count).